The van der Waals surface area contributed by atoms with Gasteiger partial charge in [-0.25, -0.2) is 0 Å². The van der Waals surface area contributed by atoms with E-state index in [0.717, 1.165) is 22.5 Å². The van der Waals surface area contributed by atoms with E-state index in [1.165, 1.54) is 62.2 Å². The van der Waals surface area contributed by atoms with Gasteiger partial charge in [-0.3, -0.25) is 0 Å². The maximum atomic E-state index is 4.89. The van der Waals surface area contributed by atoms with E-state index in [0.29, 0.717) is 11.8 Å². The SMILES string of the molecule is CC(C)c1ccc(-c2[c-]cccc2)nc1.C[Si](C)(C)c1c[c-]c(-c2ccc(C3CCCC3)cn2)c2sc3ccccc3c12.[Ir]. The van der Waals surface area contributed by atoms with Crippen LogP contribution in [0.2, 0.25) is 19.6 Å². The van der Waals surface area contributed by atoms with Crippen LogP contribution in [0, 0.1) is 12.1 Å². The normalized spacial score (nSPS) is 13.6. The molecule has 7 rings (SSSR count). The first-order valence-electron chi connectivity index (χ1n) is 15.6. The minimum absolute atomic E-state index is 0. The Morgan fingerprint density at radius 1 is 0.818 bits per heavy atom. The summed E-state index contributed by atoms with van der Waals surface area (Å²) >= 11 is 1.89. The number of rotatable bonds is 5. The van der Waals surface area contributed by atoms with Gasteiger partial charge in [0, 0.05) is 45.3 Å². The van der Waals surface area contributed by atoms with Crippen molar-refractivity contribution in [1.82, 2.24) is 9.97 Å². The molecule has 1 aliphatic rings. The summed E-state index contributed by atoms with van der Waals surface area (Å²) in [5.74, 6) is 1.25. The quantitative estimate of drug-likeness (QED) is 0.128. The number of hydrogen-bond donors (Lipinski definition) is 0. The monoisotopic (exact) mass is 789 g/mol. The zero-order valence-corrected chi connectivity index (χ0v) is 30.5. The Morgan fingerprint density at radius 3 is 2.18 bits per heavy atom. The molecule has 0 amide bonds. The van der Waals surface area contributed by atoms with Gasteiger partial charge in [0.2, 0.25) is 0 Å². The smallest absolute Gasteiger partial charge is 0.0300 e. The van der Waals surface area contributed by atoms with Crippen LogP contribution in [-0.2, 0) is 20.1 Å². The van der Waals surface area contributed by atoms with E-state index in [9.17, 15) is 0 Å². The van der Waals surface area contributed by atoms with E-state index in [1.54, 1.807) is 0 Å². The van der Waals surface area contributed by atoms with Gasteiger partial charge >= 0.3 is 0 Å². The molecule has 0 N–H and O–H groups in total. The van der Waals surface area contributed by atoms with Crippen molar-refractivity contribution < 1.29 is 20.1 Å². The van der Waals surface area contributed by atoms with Crippen molar-refractivity contribution in [3.05, 3.63) is 115 Å². The topological polar surface area (TPSA) is 25.8 Å². The Bertz CT molecular complexity index is 1820. The van der Waals surface area contributed by atoms with E-state index in [-0.39, 0.29) is 20.1 Å². The predicted molar refractivity (Wildman–Crippen MR) is 188 cm³/mol. The number of thiophene rings is 1. The van der Waals surface area contributed by atoms with Gasteiger partial charge in [-0.2, -0.15) is 11.3 Å². The molecule has 44 heavy (non-hydrogen) atoms. The van der Waals surface area contributed by atoms with Gasteiger partial charge in [0.15, 0.2) is 0 Å². The van der Waals surface area contributed by atoms with Gasteiger partial charge < -0.3 is 9.97 Å². The average molecular weight is 789 g/mol. The summed E-state index contributed by atoms with van der Waals surface area (Å²) in [6, 6.07) is 34.5. The predicted octanol–water partition coefficient (Wildman–Crippen LogP) is 10.8. The molecule has 0 saturated heterocycles. The van der Waals surface area contributed by atoms with Crippen LogP contribution >= 0.6 is 11.3 Å². The molecular weight excluding hydrogens is 749 g/mol. The molecule has 0 atom stereocenters. The van der Waals surface area contributed by atoms with Crippen molar-refractivity contribution in [1.29, 1.82) is 0 Å². The summed E-state index contributed by atoms with van der Waals surface area (Å²) in [5.41, 5.74) is 6.94. The van der Waals surface area contributed by atoms with Gasteiger partial charge in [0.25, 0.3) is 0 Å². The molecule has 0 unspecified atom stereocenters. The van der Waals surface area contributed by atoms with Crippen LogP contribution in [0.5, 0.6) is 0 Å². The molecule has 3 aromatic heterocycles. The second-order valence-corrected chi connectivity index (χ2v) is 19.1. The Morgan fingerprint density at radius 2 is 1.55 bits per heavy atom. The number of benzene rings is 3. The largest absolute Gasteiger partial charge is 0.304 e. The van der Waals surface area contributed by atoms with Crippen LogP contribution in [0.1, 0.15) is 62.5 Å². The maximum absolute atomic E-state index is 4.89. The van der Waals surface area contributed by atoms with Crippen molar-refractivity contribution in [2.45, 2.75) is 71.0 Å². The minimum atomic E-state index is -1.47. The molecule has 3 heterocycles. The Hall–Kier alpha value is -2.95. The molecule has 2 nitrogen and oxygen atoms in total. The van der Waals surface area contributed by atoms with Crippen LogP contribution in [0.4, 0.5) is 0 Å². The third-order valence-electron chi connectivity index (χ3n) is 8.57. The van der Waals surface area contributed by atoms with Crippen molar-refractivity contribution >= 4 is 44.8 Å². The van der Waals surface area contributed by atoms with Gasteiger partial charge in [-0.15, -0.1) is 58.8 Å². The summed E-state index contributed by atoms with van der Waals surface area (Å²) in [6.45, 7) is 11.6. The molecule has 0 bridgehead atoms. The summed E-state index contributed by atoms with van der Waals surface area (Å²) in [5, 5.41) is 4.33. The molecule has 5 heteroatoms. The molecule has 3 aromatic carbocycles. The molecule has 227 valence electrons. The minimum Gasteiger partial charge on any atom is -0.304 e. The van der Waals surface area contributed by atoms with Gasteiger partial charge in [-0.05, 0) is 63.3 Å². The second-order valence-electron chi connectivity index (χ2n) is 13.0. The second kappa shape index (κ2) is 14.0. The molecule has 1 aliphatic carbocycles. The van der Waals surface area contributed by atoms with Gasteiger partial charge in [0.05, 0.1) is 0 Å². The Labute approximate surface area is 281 Å². The van der Waals surface area contributed by atoms with Crippen molar-refractivity contribution in [3.63, 3.8) is 0 Å². The maximum Gasteiger partial charge on any atom is 0.0300 e. The van der Waals surface area contributed by atoms with Gasteiger partial charge in [-0.1, -0.05) is 94.2 Å². The van der Waals surface area contributed by atoms with Crippen LogP contribution < -0.4 is 5.19 Å². The first kappa shape index (κ1) is 32.4. The standard InChI is InChI=1S/C25H26NSSi.C14H14N.Ir/c1-28(2,3)23-15-13-19(25-24(23)20-10-6-7-11-22(20)27-25)21-14-12-18(16-26-21)17-8-4-5-9-17;1-11(2)13-8-9-14(15-10-13)12-6-4-3-5-7-12;/h6-7,10-12,14-17H,4-5,8-9H2,1-3H3;3-6,8-11H,1-2H3;/q2*-1;. The number of nitrogens with zero attached hydrogens (tertiary/aromatic N) is 2. The number of fused-ring (bicyclic) bond motifs is 3. The molecule has 1 saturated carbocycles. The van der Waals surface area contributed by atoms with E-state index in [4.69, 9.17) is 4.98 Å². The third-order valence-corrected chi connectivity index (χ3v) is 11.8. The van der Waals surface area contributed by atoms with Crippen LogP contribution in [0.25, 0.3) is 42.7 Å². The van der Waals surface area contributed by atoms with Crippen molar-refractivity contribution in [2.24, 2.45) is 0 Å². The van der Waals surface area contributed by atoms with Gasteiger partial charge in [0.1, 0.15) is 0 Å². The van der Waals surface area contributed by atoms with Crippen molar-refractivity contribution in [2.75, 3.05) is 0 Å². The molecule has 0 spiro atoms. The van der Waals surface area contributed by atoms with E-state index in [2.05, 4.69) is 111 Å². The summed E-state index contributed by atoms with van der Waals surface area (Å²) in [6.07, 6.45) is 9.42. The molecular formula is C39H40IrN2SSi-2. The van der Waals surface area contributed by atoms with E-state index < -0.39 is 8.07 Å². The first-order chi connectivity index (χ1) is 20.8. The summed E-state index contributed by atoms with van der Waals surface area (Å²) in [4.78, 5) is 9.33. The van der Waals surface area contributed by atoms with Crippen LogP contribution in [-0.4, -0.2) is 18.0 Å². The third kappa shape index (κ3) is 6.97. The fraction of sp³-hybridized carbons (Fsp3) is 0.282. The number of aromatic nitrogens is 2. The fourth-order valence-electron chi connectivity index (χ4n) is 6.07. The van der Waals surface area contributed by atoms with E-state index >= 15 is 0 Å². The fourth-order valence-corrected chi connectivity index (χ4v) is 8.90. The zero-order valence-electron chi connectivity index (χ0n) is 26.3. The number of hydrogen-bond acceptors (Lipinski definition) is 3. The zero-order chi connectivity index (χ0) is 30.0. The summed E-state index contributed by atoms with van der Waals surface area (Å²) < 4.78 is 2.71. The molecule has 1 fully saturated rings. The first-order valence-corrected chi connectivity index (χ1v) is 19.9. The summed E-state index contributed by atoms with van der Waals surface area (Å²) in [7, 11) is -1.47. The molecule has 0 aliphatic heterocycles. The van der Waals surface area contributed by atoms with Crippen LogP contribution in [0.15, 0.2) is 91.3 Å². The average Bonchev–Trinajstić information content (AvgIpc) is 3.70. The number of pyridine rings is 2. The van der Waals surface area contributed by atoms with Crippen LogP contribution in [0.3, 0.4) is 0 Å². The Kier molecular flexibility index (Phi) is 10.3. The molecule has 1 radical (unpaired) electrons. The Balaban J connectivity index is 0.000000204. The molecule has 6 aromatic rings. The van der Waals surface area contributed by atoms with Crippen molar-refractivity contribution in [3.8, 4) is 22.5 Å². The van der Waals surface area contributed by atoms with E-state index in [1.807, 2.05) is 41.8 Å².